The van der Waals surface area contributed by atoms with Gasteiger partial charge in [-0.15, -0.1) is 0 Å². The van der Waals surface area contributed by atoms with Crippen LogP contribution in [0.25, 0.3) is 0 Å². The monoisotopic (exact) mass is 180 g/mol. The van der Waals surface area contributed by atoms with Crippen LogP contribution in [0.5, 0.6) is 0 Å². The number of hydrogen-bond acceptors (Lipinski definition) is 2. The maximum atomic E-state index is 10.8. The molecule has 1 N–H and O–H groups in total. The van der Waals surface area contributed by atoms with Crippen LogP contribution in [0.3, 0.4) is 0 Å². The van der Waals surface area contributed by atoms with E-state index < -0.39 is 5.97 Å². The van der Waals surface area contributed by atoms with Crippen molar-refractivity contribution in [1.29, 1.82) is 0 Å². The fourth-order valence-corrected chi connectivity index (χ4v) is 2.00. The second-order valence-electron chi connectivity index (χ2n) is 3.72. The Kier molecular flexibility index (Phi) is 1.65. The number of hydrogen-bond donors (Lipinski definition) is 1. The fourth-order valence-electron chi connectivity index (χ4n) is 2.00. The predicted octanol–water partition coefficient (Wildman–Crippen LogP) is 0.853. The molecule has 70 valence electrons. The van der Waals surface area contributed by atoms with Crippen molar-refractivity contribution in [3.63, 3.8) is 0 Å². The van der Waals surface area contributed by atoms with Gasteiger partial charge < -0.3 is 5.11 Å². The Labute approximate surface area is 76.2 Å². The molecular weight excluding hydrogens is 168 g/mol. The van der Waals surface area contributed by atoms with E-state index in [1.807, 2.05) is 7.05 Å². The Morgan fingerprint density at radius 3 is 2.92 bits per heavy atom. The van der Waals surface area contributed by atoms with Gasteiger partial charge in [-0.3, -0.25) is 4.68 Å². The van der Waals surface area contributed by atoms with E-state index in [0.717, 1.165) is 24.1 Å². The van der Waals surface area contributed by atoms with Gasteiger partial charge in [0.25, 0.3) is 0 Å². The average molecular weight is 180 g/mol. The molecule has 2 rings (SSSR count). The third-order valence-electron chi connectivity index (χ3n) is 2.57. The number of aromatic carboxylic acids is 1. The number of aryl methyl sites for hydroxylation is 1. The number of rotatable bonds is 1. The van der Waals surface area contributed by atoms with Crippen LogP contribution in [0, 0.1) is 5.92 Å². The normalized spacial score (nSPS) is 20.3. The van der Waals surface area contributed by atoms with Crippen LogP contribution >= 0.6 is 0 Å². The highest BCUT2D eigenvalue weighted by atomic mass is 16.4. The highest BCUT2D eigenvalue weighted by Gasteiger charge is 2.28. The summed E-state index contributed by atoms with van der Waals surface area (Å²) < 4.78 is 1.70. The lowest BCUT2D eigenvalue weighted by atomic mass is 10.1. The zero-order valence-electron chi connectivity index (χ0n) is 7.74. The summed E-state index contributed by atoms with van der Waals surface area (Å²) in [5, 5.41) is 12.9. The molecule has 4 heteroatoms. The molecule has 0 spiro atoms. The standard InChI is InChI=1S/C9H12N2O2/c1-5-3-6-7(4-5)11(2)10-8(6)9(12)13/h5H,3-4H2,1-2H3,(H,12,13). The van der Waals surface area contributed by atoms with Crippen molar-refractivity contribution in [1.82, 2.24) is 9.78 Å². The molecule has 0 radical (unpaired) electrons. The molecule has 0 aromatic carbocycles. The number of fused-ring (bicyclic) bond motifs is 1. The van der Waals surface area contributed by atoms with E-state index >= 15 is 0 Å². The number of carboxylic acid groups (broad SMARTS) is 1. The van der Waals surface area contributed by atoms with Crippen molar-refractivity contribution < 1.29 is 9.90 Å². The minimum absolute atomic E-state index is 0.238. The molecule has 0 amide bonds. The van der Waals surface area contributed by atoms with Gasteiger partial charge in [-0.1, -0.05) is 6.92 Å². The number of nitrogens with zero attached hydrogens (tertiary/aromatic N) is 2. The van der Waals surface area contributed by atoms with E-state index in [4.69, 9.17) is 5.11 Å². The molecular formula is C9H12N2O2. The zero-order valence-corrected chi connectivity index (χ0v) is 7.74. The topological polar surface area (TPSA) is 55.1 Å². The first-order valence-corrected chi connectivity index (χ1v) is 4.37. The van der Waals surface area contributed by atoms with Gasteiger partial charge in [0, 0.05) is 18.3 Å². The van der Waals surface area contributed by atoms with Crippen molar-refractivity contribution in [2.24, 2.45) is 13.0 Å². The summed E-state index contributed by atoms with van der Waals surface area (Å²) in [6.07, 6.45) is 1.80. The lowest BCUT2D eigenvalue weighted by Crippen LogP contribution is -2.05. The summed E-state index contributed by atoms with van der Waals surface area (Å²) in [7, 11) is 1.81. The first-order valence-electron chi connectivity index (χ1n) is 4.37. The fraction of sp³-hybridized carbons (Fsp3) is 0.556. The van der Waals surface area contributed by atoms with Gasteiger partial charge in [0.05, 0.1) is 0 Å². The van der Waals surface area contributed by atoms with Crippen molar-refractivity contribution in [2.45, 2.75) is 19.8 Å². The maximum Gasteiger partial charge on any atom is 0.356 e. The highest BCUT2D eigenvalue weighted by Crippen LogP contribution is 2.28. The third kappa shape index (κ3) is 1.13. The van der Waals surface area contributed by atoms with Crippen LogP contribution in [0.15, 0.2) is 0 Å². The number of aromatic nitrogens is 2. The maximum absolute atomic E-state index is 10.8. The second-order valence-corrected chi connectivity index (χ2v) is 3.72. The smallest absolute Gasteiger partial charge is 0.356 e. The van der Waals surface area contributed by atoms with Crippen LogP contribution in [-0.2, 0) is 19.9 Å². The summed E-state index contributed by atoms with van der Waals surface area (Å²) in [5.41, 5.74) is 2.26. The van der Waals surface area contributed by atoms with Crippen LogP contribution in [0.1, 0.15) is 28.7 Å². The van der Waals surface area contributed by atoms with Crippen LogP contribution in [-0.4, -0.2) is 20.9 Å². The molecule has 13 heavy (non-hydrogen) atoms. The van der Waals surface area contributed by atoms with Crippen LogP contribution < -0.4 is 0 Å². The van der Waals surface area contributed by atoms with E-state index in [1.54, 1.807) is 4.68 Å². The average Bonchev–Trinajstić information content (AvgIpc) is 2.51. The first-order chi connectivity index (χ1) is 6.09. The predicted molar refractivity (Wildman–Crippen MR) is 46.7 cm³/mol. The third-order valence-corrected chi connectivity index (χ3v) is 2.57. The summed E-state index contributed by atoms with van der Waals surface area (Å²) in [6, 6.07) is 0. The molecule has 0 bridgehead atoms. The Hall–Kier alpha value is -1.32. The van der Waals surface area contributed by atoms with Gasteiger partial charge >= 0.3 is 5.97 Å². The van der Waals surface area contributed by atoms with Gasteiger partial charge in [-0.25, -0.2) is 4.79 Å². The Bertz CT molecular complexity index is 368. The van der Waals surface area contributed by atoms with Gasteiger partial charge in [0.15, 0.2) is 5.69 Å². The largest absolute Gasteiger partial charge is 0.476 e. The molecule has 1 atom stereocenters. The van der Waals surface area contributed by atoms with Gasteiger partial charge in [-0.2, -0.15) is 5.10 Å². The molecule has 1 aromatic rings. The number of carboxylic acids is 1. The summed E-state index contributed by atoms with van der Waals surface area (Å²) in [5.74, 6) is -0.358. The summed E-state index contributed by atoms with van der Waals surface area (Å²) in [4.78, 5) is 10.8. The number of carbonyl (C=O) groups is 1. The second kappa shape index (κ2) is 2.58. The molecule has 1 heterocycles. The Morgan fingerprint density at radius 1 is 1.62 bits per heavy atom. The van der Waals surface area contributed by atoms with Gasteiger partial charge in [0.1, 0.15) is 0 Å². The van der Waals surface area contributed by atoms with Crippen molar-refractivity contribution in [3.05, 3.63) is 17.0 Å². The van der Waals surface area contributed by atoms with Gasteiger partial charge in [0.2, 0.25) is 0 Å². The zero-order chi connectivity index (χ0) is 9.59. The molecule has 4 nitrogen and oxygen atoms in total. The highest BCUT2D eigenvalue weighted by molar-refractivity contribution is 5.87. The lowest BCUT2D eigenvalue weighted by molar-refractivity contribution is 0.0688. The molecule has 1 aliphatic rings. The molecule has 0 saturated heterocycles. The van der Waals surface area contributed by atoms with Crippen molar-refractivity contribution in [2.75, 3.05) is 0 Å². The quantitative estimate of drug-likeness (QED) is 0.697. The first kappa shape index (κ1) is 8.29. The molecule has 1 unspecified atom stereocenters. The minimum Gasteiger partial charge on any atom is -0.476 e. The molecule has 1 aromatic heterocycles. The lowest BCUT2D eigenvalue weighted by Gasteiger charge is -1.99. The van der Waals surface area contributed by atoms with Gasteiger partial charge in [-0.05, 0) is 18.8 Å². The van der Waals surface area contributed by atoms with E-state index in [-0.39, 0.29) is 5.69 Å². The Morgan fingerprint density at radius 2 is 2.31 bits per heavy atom. The molecule has 0 saturated carbocycles. The molecule has 0 aliphatic heterocycles. The van der Waals surface area contributed by atoms with Crippen LogP contribution in [0.2, 0.25) is 0 Å². The minimum atomic E-state index is -0.911. The van der Waals surface area contributed by atoms with E-state index in [0.29, 0.717) is 5.92 Å². The van der Waals surface area contributed by atoms with Crippen LogP contribution in [0.4, 0.5) is 0 Å². The summed E-state index contributed by atoms with van der Waals surface area (Å²) >= 11 is 0. The van der Waals surface area contributed by atoms with Crippen molar-refractivity contribution >= 4 is 5.97 Å². The molecule has 0 fully saturated rings. The van der Waals surface area contributed by atoms with E-state index in [9.17, 15) is 4.79 Å². The van der Waals surface area contributed by atoms with E-state index in [2.05, 4.69) is 12.0 Å². The molecule has 1 aliphatic carbocycles. The van der Waals surface area contributed by atoms with E-state index in [1.165, 1.54) is 0 Å². The summed E-state index contributed by atoms with van der Waals surface area (Å²) in [6.45, 7) is 2.13. The SMILES string of the molecule is CC1Cc2c(C(=O)O)nn(C)c2C1. The van der Waals surface area contributed by atoms with Crippen molar-refractivity contribution in [3.8, 4) is 0 Å². The Balaban J connectivity index is 2.52.